The van der Waals surface area contributed by atoms with Gasteiger partial charge in [-0.05, 0) is 18.8 Å². The molecule has 0 aromatic carbocycles. The van der Waals surface area contributed by atoms with E-state index in [0.29, 0.717) is 6.42 Å². The molecule has 2 unspecified atom stereocenters. The van der Waals surface area contributed by atoms with Crippen LogP contribution in [-0.4, -0.2) is 81.5 Å². The van der Waals surface area contributed by atoms with Gasteiger partial charge < -0.3 is 31.7 Å². The van der Waals surface area contributed by atoms with Crippen molar-refractivity contribution >= 4 is 41.3 Å². The Balaban J connectivity index is 2.86. The largest absolute Gasteiger partial charge is 0.480 e. The van der Waals surface area contributed by atoms with Crippen LogP contribution in [0.2, 0.25) is 0 Å². The van der Waals surface area contributed by atoms with E-state index in [0.717, 1.165) is 0 Å². The van der Waals surface area contributed by atoms with Gasteiger partial charge in [0.15, 0.2) is 0 Å². The first-order valence-electron chi connectivity index (χ1n) is 12.7. The molecule has 2 atom stereocenters. The molecule has 5 amide bonds. The van der Waals surface area contributed by atoms with Crippen molar-refractivity contribution in [1.82, 2.24) is 36.6 Å². The molecule has 222 valence electrons. The highest BCUT2D eigenvalue weighted by atomic mass is 16.4. The highest BCUT2D eigenvalue weighted by Crippen LogP contribution is 2.05. The Labute approximate surface area is 236 Å². The number of carbonyl (C=O) groups excluding carboxylic acids is 6. The Morgan fingerprint density at radius 1 is 1.00 bits per heavy atom. The van der Waals surface area contributed by atoms with E-state index in [2.05, 4.69) is 37.8 Å². The zero-order chi connectivity index (χ0) is 30.9. The van der Waals surface area contributed by atoms with E-state index in [1.165, 1.54) is 30.7 Å². The van der Waals surface area contributed by atoms with Crippen LogP contribution >= 0.6 is 0 Å². The van der Waals surface area contributed by atoms with Gasteiger partial charge in [-0.15, -0.1) is 6.58 Å². The molecule has 41 heavy (non-hydrogen) atoms. The minimum absolute atomic E-state index is 0.00549. The van der Waals surface area contributed by atoms with Gasteiger partial charge in [0.05, 0.1) is 18.8 Å². The van der Waals surface area contributed by atoms with Crippen LogP contribution in [0, 0.1) is 5.92 Å². The second-order valence-electron chi connectivity index (χ2n) is 8.95. The number of carboxylic acids is 1. The third kappa shape index (κ3) is 12.2. The molecule has 6 N–H and O–H groups in total. The first-order valence-corrected chi connectivity index (χ1v) is 12.7. The van der Waals surface area contributed by atoms with Crippen molar-refractivity contribution in [3.05, 3.63) is 48.7 Å². The number of ketones is 1. The average Bonchev–Trinajstić information content (AvgIpc) is 2.94. The lowest BCUT2D eigenvalue weighted by Crippen LogP contribution is -2.52. The van der Waals surface area contributed by atoms with Crippen molar-refractivity contribution in [3.8, 4) is 0 Å². The van der Waals surface area contributed by atoms with Gasteiger partial charge in [-0.1, -0.05) is 39.3 Å². The monoisotopic (exact) mass is 573 g/mol. The van der Waals surface area contributed by atoms with E-state index in [-0.39, 0.29) is 30.2 Å². The number of rotatable bonds is 17. The Hall–Kier alpha value is -4.95. The van der Waals surface area contributed by atoms with Crippen LogP contribution in [0.1, 0.15) is 50.5 Å². The van der Waals surface area contributed by atoms with Gasteiger partial charge in [0, 0.05) is 12.4 Å². The highest BCUT2D eigenvalue weighted by Gasteiger charge is 2.29. The molecule has 1 aromatic rings. The summed E-state index contributed by atoms with van der Waals surface area (Å²) in [5.41, 5.74) is -0.258. The number of carbonyl (C=O) groups is 7. The number of nitrogens with one attached hydrogen (secondary N) is 5. The van der Waals surface area contributed by atoms with Crippen LogP contribution in [0.5, 0.6) is 0 Å². The molecule has 1 heterocycles. The number of nitrogens with zero attached hydrogens (tertiary/aromatic N) is 2. The Morgan fingerprint density at radius 2 is 1.71 bits per heavy atom. The summed E-state index contributed by atoms with van der Waals surface area (Å²) >= 11 is 0. The summed E-state index contributed by atoms with van der Waals surface area (Å²) in [5.74, 6) is -6.89. The SMILES string of the molecule is C=CC/C=C(/NC(=O)CNC(=O)C(NC(=O)c1cnccn1)C(C)C)C(=O)NC(CCC)C(=O)C(=O)NCC(=O)O. The van der Waals surface area contributed by atoms with Crippen LogP contribution in [0.4, 0.5) is 0 Å². The zero-order valence-corrected chi connectivity index (χ0v) is 23.1. The molecule has 0 aliphatic carbocycles. The number of amides is 5. The third-order valence-electron chi connectivity index (χ3n) is 5.29. The summed E-state index contributed by atoms with van der Waals surface area (Å²) in [6, 6.07) is -2.29. The van der Waals surface area contributed by atoms with Crippen LogP contribution in [0.3, 0.4) is 0 Å². The summed E-state index contributed by atoms with van der Waals surface area (Å²) < 4.78 is 0. The quantitative estimate of drug-likeness (QED) is 0.0755. The lowest BCUT2D eigenvalue weighted by Gasteiger charge is -2.21. The van der Waals surface area contributed by atoms with E-state index >= 15 is 0 Å². The Bertz CT molecular complexity index is 1170. The van der Waals surface area contributed by atoms with Gasteiger partial charge in [0.2, 0.25) is 17.6 Å². The molecular formula is C26H35N7O8. The molecule has 1 aromatic heterocycles. The van der Waals surface area contributed by atoms with E-state index < -0.39 is 66.5 Å². The minimum Gasteiger partial charge on any atom is -0.480 e. The second-order valence-corrected chi connectivity index (χ2v) is 8.95. The molecule has 0 aliphatic heterocycles. The molecule has 0 saturated heterocycles. The second kappa shape index (κ2) is 17.6. The molecular weight excluding hydrogens is 538 g/mol. The Morgan fingerprint density at radius 3 is 2.27 bits per heavy atom. The van der Waals surface area contributed by atoms with Crippen LogP contribution in [0.25, 0.3) is 0 Å². The Kier molecular flexibility index (Phi) is 14.6. The van der Waals surface area contributed by atoms with Gasteiger partial charge in [0.1, 0.15) is 24.0 Å². The van der Waals surface area contributed by atoms with Crippen molar-refractivity contribution in [2.75, 3.05) is 13.1 Å². The zero-order valence-electron chi connectivity index (χ0n) is 23.1. The van der Waals surface area contributed by atoms with Crippen molar-refractivity contribution in [2.45, 2.75) is 52.1 Å². The van der Waals surface area contributed by atoms with Gasteiger partial charge in [-0.25, -0.2) is 4.98 Å². The van der Waals surface area contributed by atoms with Crippen molar-refractivity contribution < 1.29 is 38.7 Å². The molecule has 0 spiro atoms. The maximum absolute atomic E-state index is 12.9. The van der Waals surface area contributed by atoms with E-state index in [1.54, 1.807) is 20.8 Å². The maximum atomic E-state index is 12.9. The van der Waals surface area contributed by atoms with Gasteiger partial charge in [-0.2, -0.15) is 0 Å². The number of aliphatic carboxylic acids is 1. The summed E-state index contributed by atoms with van der Waals surface area (Å²) in [6.45, 7) is 7.31. The van der Waals surface area contributed by atoms with Crippen molar-refractivity contribution in [3.63, 3.8) is 0 Å². The first-order chi connectivity index (χ1) is 19.4. The van der Waals surface area contributed by atoms with Crippen LogP contribution in [-0.2, 0) is 28.8 Å². The van der Waals surface area contributed by atoms with Crippen molar-refractivity contribution in [2.24, 2.45) is 5.92 Å². The van der Waals surface area contributed by atoms with Gasteiger partial charge in [-0.3, -0.25) is 38.5 Å². The molecule has 1 rings (SSSR count). The minimum atomic E-state index is -1.35. The topological polar surface area (TPSA) is 226 Å². The molecule has 0 radical (unpaired) electrons. The summed E-state index contributed by atoms with van der Waals surface area (Å²) in [4.78, 5) is 93.5. The molecule has 0 saturated carbocycles. The molecule has 0 fully saturated rings. The van der Waals surface area contributed by atoms with E-state index in [4.69, 9.17) is 5.11 Å². The van der Waals surface area contributed by atoms with Crippen LogP contribution in [0.15, 0.2) is 43.0 Å². The number of hydrogen-bond acceptors (Lipinski definition) is 9. The third-order valence-corrected chi connectivity index (χ3v) is 5.29. The normalized spacial score (nSPS) is 12.3. The number of Topliss-reactive ketones (excluding diaryl/α,β-unsaturated/α-hetero) is 1. The number of hydrogen-bond donors (Lipinski definition) is 6. The van der Waals surface area contributed by atoms with Crippen LogP contribution < -0.4 is 26.6 Å². The summed E-state index contributed by atoms with van der Waals surface area (Å²) in [7, 11) is 0. The number of aromatic nitrogens is 2. The average molecular weight is 574 g/mol. The molecule has 15 nitrogen and oxygen atoms in total. The van der Waals surface area contributed by atoms with Gasteiger partial charge in [0.25, 0.3) is 17.7 Å². The number of allylic oxidation sites excluding steroid dienone is 2. The number of carboxylic acid groups (broad SMARTS) is 1. The standard InChI is InChI=1S/C26H35N7O8/c1-5-7-9-17(23(38)32-16(8-6-2)22(37)26(41)30-14-20(35)36)31-19(34)13-29-25(40)21(15(3)4)33-24(39)18-12-27-10-11-28-18/h5,9-12,15-16,21H,1,6-8,13-14H2,2-4H3,(H,29,40)(H,30,41)(H,31,34)(H,32,38)(H,33,39)(H,35,36)/b17-9+. The molecule has 0 aliphatic rings. The van der Waals surface area contributed by atoms with E-state index in [9.17, 15) is 33.6 Å². The summed E-state index contributed by atoms with van der Waals surface area (Å²) in [6.07, 6.45) is 7.34. The fourth-order valence-electron chi connectivity index (χ4n) is 3.23. The first kappa shape index (κ1) is 34.1. The molecule has 15 heteroatoms. The highest BCUT2D eigenvalue weighted by molar-refractivity contribution is 6.38. The lowest BCUT2D eigenvalue weighted by atomic mass is 10.0. The maximum Gasteiger partial charge on any atom is 0.322 e. The fourth-order valence-corrected chi connectivity index (χ4v) is 3.23. The van der Waals surface area contributed by atoms with Gasteiger partial charge >= 0.3 is 5.97 Å². The van der Waals surface area contributed by atoms with Crippen molar-refractivity contribution in [1.29, 1.82) is 0 Å². The van der Waals surface area contributed by atoms with E-state index in [1.807, 2.05) is 5.32 Å². The fraction of sp³-hybridized carbons (Fsp3) is 0.423. The predicted octanol–water partition coefficient (Wildman–Crippen LogP) is -1.02. The predicted molar refractivity (Wildman–Crippen MR) is 145 cm³/mol. The summed E-state index contributed by atoms with van der Waals surface area (Å²) in [5, 5.41) is 20.3. The lowest BCUT2D eigenvalue weighted by molar-refractivity contribution is -0.142. The molecule has 0 bridgehead atoms. The smallest absolute Gasteiger partial charge is 0.322 e.